The highest BCUT2D eigenvalue weighted by Gasteiger charge is 2.21. The zero-order valence-corrected chi connectivity index (χ0v) is 13.3. The van der Waals surface area contributed by atoms with Crippen molar-refractivity contribution >= 4 is 18.3 Å². The van der Waals surface area contributed by atoms with Gasteiger partial charge in [-0.05, 0) is 31.9 Å². The Hall–Kier alpha value is -1.10. The van der Waals surface area contributed by atoms with Gasteiger partial charge in [-0.25, -0.2) is 0 Å². The van der Waals surface area contributed by atoms with E-state index in [-0.39, 0.29) is 30.3 Å². The molecule has 2 rings (SSSR count). The van der Waals surface area contributed by atoms with Crippen molar-refractivity contribution < 1.29 is 9.53 Å². The van der Waals surface area contributed by atoms with Gasteiger partial charge in [0.2, 0.25) is 5.91 Å². The third-order valence-electron chi connectivity index (χ3n) is 3.69. The van der Waals surface area contributed by atoms with E-state index in [2.05, 4.69) is 29.7 Å². The van der Waals surface area contributed by atoms with Crippen LogP contribution < -0.4 is 10.6 Å². The van der Waals surface area contributed by atoms with Gasteiger partial charge in [0.1, 0.15) is 0 Å². The van der Waals surface area contributed by atoms with Crippen LogP contribution in [0.5, 0.6) is 0 Å². The average Bonchev–Trinajstić information content (AvgIpc) is 3.01. The van der Waals surface area contributed by atoms with E-state index < -0.39 is 0 Å². The first-order chi connectivity index (χ1) is 9.77. The predicted molar refractivity (Wildman–Crippen MR) is 86.7 cm³/mol. The summed E-state index contributed by atoms with van der Waals surface area (Å²) in [6, 6.07) is 10.2. The molecule has 1 heterocycles. The van der Waals surface area contributed by atoms with Crippen molar-refractivity contribution in [3.63, 3.8) is 0 Å². The highest BCUT2D eigenvalue weighted by atomic mass is 35.5. The maximum atomic E-state index is 11.8. The molecule has 21 heavy (non-hydrogen) atoms. The fourth-order valence-corrected chi connectivity index (χ4v) is 2.39. The standard InChI is InChI=1S/C16H24N2O2.ClH/c1-13(14-6-3-2-4-7-14)20-11-5-9-18-16(19)15-8-10-17-12-15;/h2-4,6-7,13,15,17H,5,8-12H2,1H3,(H,18,19);1H. The summed E-state index contributed by atoms with van der Waals surface area (Å²) in [6.07, 6.45) is 1.90. The number of nitrogens with one attached hydrogen (secondary N) is 2. The Kier molecular flexibility index (Phi) is 8.35. The molecule has 5 heteroatoms. The molecular weight excluding hydrogens is 288 g/mol. The minimum absolute atomic E-state index is 0. The fourth-order valence-electron chi connectivity index (χ4n) is 2.39. The normalized spacial score (nSPS) is 18.8. The second-order valence-electron chi connectivity index (χ2n) is 5.26. The molecule has 1 aliphatic rings. The van der Waals surface area contributed by atoms with Crippen LogP contribution in [0, 0.1) is 5.92 Å². The molecule has 0 saturated carbocycles. The van der Waals surface area contributed by atoms with Crippen LogP contribution >= 0.6 is 12.4 Å². The van der Waals surface area contributed by atoms with Crippen LogP contribution in [0.25, 0.3) is 0 Å². The molecule has 1 aliphatic heterocycles. The number of hydrogen-bond acceptors (Lipinski definition) is 3. The summed E-state index contributed by atoms with van der Waals surface area (Å²) in [5.74, 6) is 0.324. The molecule has 1 aromatic carbocycles. The predicted octanol–water partition coefficient (Wildman–Crippen LogP) is 2.30. The van der Waals surface area contributed by atoms with Gasteiger partial charge in [-0.15, -0.1) is 12.4 Å². The molecule has 2 atom stereocenters. The van der Waals surface area contributed by atoms with Crippen LogP contribution in [0.15, 0.2) is 30.3 Å². The Balaban J connectivity index is 0.00000220. The number of benzene rings is 1. The molecule has 4 nitrogen and oxygen atoms in total. The minimum Gasteiger partial charge on any atom is -0.374 e. The molecule has 1 fully saturated rings. The molecular formula is C16H25ClN2O2. The molecule has 1 aromatic rings. The Morgan fingerprint density at radius 3 is 2.86 bits per heavy atom. The molecule has 1 amide bonds. The van der Waals surface area contributed by atoms with E-state index in [0.29, 0.717) is 13.2 Å². The Morgan fingerprint density at radius 2 is 2.19 bits per heavy atom. The summed E-state index contributed by atoms with van der Waals surface area (Å²) >= 11 is 0. The van der Waals surface area contributed by atoms with Crippen LogP contribution in [0.3, 0.4) is 0 Å². The van der Waals surface area contributed by atoms with E-state index in [9.17, 15) is 4.79 Å². The Labute approximate surface area is 133 Å². The van der Waals surface area contributed by atoms with Gasteiger partial charge in [-0.2, -0.15) is 0 Å². The lowest BCUT2D eigenvalue weighted by Crippen LogP contribution is -2.33. The van der Waals surface area contributed by atoms with E-state index in [1.165, 1.54) is 5.56 Å². The second kappa shape index (κ2) is 9.77. The molecule has 0 spiro atoms. The van der Waals surface area contributed by atoms with Gasteiger partial charge in [-0.1, -0.05) is 30.3 Å². The van der Waals surface area contributed by atoms with E-state index in [4.69, 9.17) is 4.74 Å². The van der Waals surface area contributed by atoms with Crippen LogP contribution in [-0.4, -0.2) is 32.1 Å². The number of carbonyl (C=O) groups is 1. The second-order valence-corrected chi connectivity index (χ2v) is 5.26. The van der Waals surface area contributed by atoms with Crippen LogP contribution in [0.2, 0.25) is 0 Å². The summed E-state index contributed by atoms with van der Waals surface area (Å²) < 4.78 is 5.77. The molecule has 0 radical (unpaired) electrons. The van der Waals surface area contributed by atoms with Crippen molar-refractivity contribution in [3.8, 4) is 0 Å². The first-order valence-corrected chi connectivity index (χ1v) is 7.42. The van der Waals surface area contributed by atoms with Crippen LogP contribution in [0.4, 0.5) is 0 Å². The van der Waals surface area contributed by atoms with Gasteiger partial charge < -0.3 is 15.4 Å². The van der Waals surface area contributed by atoms with Gasteiger partial charge >= 0.3 is 0 Å². The molecule has 0 aliphatic carbocycles. The summed E-state index contributed by atoms with van der Waals surface area (Å²) in [7, 11) is 0. The van der Waals surface area contributed by atoms with Gasteiger partial charge in [-0.3, -0.25) is 4.79 Å². The van der Waals surface area contributed by atoms with Crippen molar-refractivity contribution in [2.75, 3.05) is 26.2 Å². The largest absolute Gasteiger partial charge is 0.374 e. The Bertz CT molecular complexity index is 408. The fraction of sp³-hybridized carbons (Fsp3) is 0.562. The maximum absolute atomic E-state index is 11.8. The van der Waals surface area contributed by atoms with Crippen molar-refractivity contribution in [1.29, 1.82) is 0 Å². The zero-order chi connectivity index (χ0) is 14.2. The Morgan fingerprint density at radius 1 is 1.43 bits per heavy atom. The van der Waals surface area contributed by atoms with E-state index >= 15 is 0 Å². The van der Waals surface area contributed by atoms with Gasteiger partial charge in [0.25, 0.3) is 0 Å². The smallest absolute Gasteiger partial charge is 0.224 e. The van der Waals surface area contributed by atoms with E-state index in [1.807, 2.05) is 18.2 Å². The summed E-state index contributed by atoms with van der Waals surface area (Å²) in [5, 5.41) is 6.18. The lowest BCUT2D eigenvalue weighted by molar-refractivity contribution is -0.124. The number of halogens is 1. The summed E-state index contributed by atoms with van der Waals surface area (Å²) in [5.41, 5.74) is 1.19. The van der Waals surface area contributed by atoms with Crippen LogP contribution in [0.1, 0.15) is 31.4 Å². The molecule has 2 N–H and O–H groups in total. The molecule has 118 valence electrons. The minimum atomic E-state index is 0. The van der Waals surface area contributed by atoms with Crippen molar-refractivity contribution in [1.82, 2.24) is 10.6 Å². The summed E-state index contributed by atoms with van der Waals surface area (Å²) in [4.78, 5) is 11.8. The van der Waals surface area contributed by atoms with Gasteiger partial charge in [0.15, 0.2) is 0 Å². The third-order valence-corrected chi connectivity index (χ3v) is 3.69. The van der Waals surface area contributed by atoms with Crippen molar-refractivity contribution in [2.45, 2.75) is 25.9 Å². The lowest BCUT2D eigenvalue weighted by atomic mass is 10.1. The van der Waals surface area contributed by atoms with E-state index in [0.717, 1.165) is 25.9 Å². The number of ether oxygens (including phenoxy) is 1. The SMILES string of the molecule is CC(OCCCNC(=O)C1CCNC1)c1ccccc1.Cl. The van der Waals surface area contributed by atoms with Gasteiger partial charge in [0, 0.05) is 19.7 Å². The summed E-state index contributed by atoms with van der Waals surface area (Å²) in [6.45, 7) is 5.18. The molecule has 0 aromatic heterocycles. The highest BCUT2D eigenvalue weighted by molar-refractivity contribution is 5.85. The molecule has 1 saturated heterocycles. The number of hydrogen-bond donors (Lipinski definition) is 2. The molecule has 0 bridgehead atoms. The molecule has 2 unspecified atom stereocenters. The number of rotatable bonds is 7. The highest BCUT2D eigenvalue weighted by Crippen LogP contribution is 2.15. The van der Waals surface area contributed by atoms with Crippen molar-refractivity contribution in [2.24, 2.45) is 5.92 Å². The quantitative estimate of drug-likeness (QED) is 0.760. The maximum Gasteiger partial charge on any atom is 0.224 e. The monoisotopic (exact) mass is 312 g/mol. The topological polar surface area (TPSA) is 50.4 Å². The van der Waals surface area contributed by atoms with E-state index in [1.54, 1.807) is 0 Å². The zero-order valence-electron chi connectivity index (χ0n) is 12.5. The first kappa shape index (κ1) is 18.0. The van der Waals surface area contributed by atoms with Crippen LogP contribution in [-0.2, 0) is 9.53 Å². The average molecular weight is 313 g/mol. The van der Waals surface area contributed by atoms with Crippen molar-refractivity contribution in [3.05, 3.63) is 35.9 Å². The van der Waals surface area contributed by atoms with Gasteiger partial charge in [0.05, 0.1) is 12.0 Å². The number of carbonyl (C=O) groups excluding carboxylic acids is 1. The first-order valence-electron chi connectivity index (χ1n) is 7.42. The lowest BCUT2D eigenvalue weighted by Gasteiger charge is -2.14. The number of amides is 1. The third kappa shape index (κ3) is 6.04.